The maximum Gasteiger partial charge on any atom is 0.306 e. The number of aliphatic carboxylic acids is 1. The fourth-order valence-corrected chi connectivity index (χ4v) is 4.43. The van der Waals surface area contributed by atoms with Gasteiger partial charge in [0.15, 0.2) is 0 Å². The zero-order valence-corrected chi connectivity index (χ0v) is 17.4. The molecule has 2 N–H and O–H groups in total. The highest BCUT2D eigenvalue weighted by Crippen LogP contribution is 2.29. The molecule has 156 valence electrons. The zero-order chi connectivity index (χ0) is 21.1. The van der Waals surface area contributed by atoms with Crippen molar-refractivity contribution in [3.63, 3.8) is 0 Å². The molecule has 4 rings (SSSR count). The molecule has 30 heavy (non-hydrogen) atoms. The number of amides is 1. The number of nitrogens with one attached hydrogen (secondary N) is 1. The number of carboxylic acid groups (broad SMARTS) is 1. The summed E-state index contributed by atoms with van der Waals surface area (Å²) in [5.74, 6) is -0.686. The van der Waals surface area contributed by atoms with Gasteiger partial charge in [-0.3, -0.25) is 9.59 Å². The smallest absolute Gasteiger partial charge is 0.306 e. The third-order valence-electron chi connectivity index (χ3n) is 6.05. The summed E-state index contributed by atoms with van der Waals surface area (Å²) in [5.41, 5.74) is 2.69. The fraction of sp³-hybridized carbons (Fsp3) is 0.333. The van der Waals surface area contributed by atoms with Gasteiger partial charge in [0.1, 0.15) is 0 Å². The number of benzene rings is 2. The highest BCUT2D eigenvalue weighted by Gasteiger charge is 2.26. The number of carbonyl (C=O) groups excluding carboxylic acids is 1. The molecule has 0 radical (unpaired) electrons. The van der Waals surface area contributed by atoms with Gasteiger partial charge in [0, 0.05) is 29.7 Å². The van der Waals surface area contributed by atoms with Crippen LogP contribution < -0.4 is 5.32 Å². The number of aromatic nitrogens is 1. The summed E-state index contributed by atoms with van der Waals surface area (Å²) in [6.07, 6.45) is 5.07. The Hall–Kier alpha value is -2.79. The molecule has 1 aromatic heterocycles. The second-order valence-electron chi connectivity index (χ2n) is 8.08. The minimum absolute atomic E-state index is 0.0861. The lowest BCUT2D eigenvalue weighted by molar-refractivity contribution is -0.143. The number of rotatable bonds is 6. The second kappa shape index (κ2) is 8.92. The van der Waals surface area contributed by atoms with Crippen LogP contribution in [0.4, 0.5) is 0 Å². The number of halogens is 1. The predicted molar refractivity (Wildman–Crippen MR) is 118 cm³/mol. The van der Waals surface area contributed by atoms with E-state index >= 15 is 0 Å². The van der Waals surface area contributed by atoms with Crippen molar-refractivity contribution in [2.75, 3.05) is 6.54 Å². The summed E-state index contributed by atoms with van der Waals surface area (Å²) in [4.78, 5) is 24.1. The van der Waals surface area contributed by atoms with E-state index in [2.05, 4.69) is 9.88 Å². The van der Waals surface area contributed by atoms with E-state index in [1.165, 1.54) is 0 Å². The van der Waals surface area contributed by atoms with Gasteiger partial charge in [-0.2, -0.15) is 0 Å². The summed E-state index contributed by atoms with van der Waals surface area (Å²) < 4.78 is 2.09. The fourth-order valence-electron chi connectivity index (χ4n) is 4.31. The largest absolute Gasteiger partial charge is 0.481 e. The maximum atomic E-state index is 13.0. The van der Waals surface area contributed by atoms with E-state index in [0.29, 0.717) is 42.4 Å². The molecule has 0 saturated heterocycles. The third-order valence-corrected chi connectivity index (χ3v) is 6.30. The van der Waals surface area contributed by atoms with E-state index in [9.17, 15) is 9.59 Å². The Kier molecular flexibility index (Phi) is 6.09. The Labute approximate surface area is 180 Å². The SMILES string of the molecule is O=C(NCC1CCC(C(=O)O)CC1)c1cccc2ccn(Cc3ccc(Cl)cc3)c12. The Bertz CT molecular complexity index is 1050. The Morgan fingerprint density at radius 2 is 1.77 bits per heavy atom. The first-order valence-electron chi connectivity index (χ1n) is 10.3. The Balaban J connectivity index is 1.47. The molecule has 1 aliphatic carbocycles. The highest BCUT2D eigenvalue weighted by atomic mass is 35.5. The average Bonchev–Trinajstić information content (AvgIpc) is 3.17. The lowest BCUT2D eigenvalue weighted by Crippen LogP contribution is -2.32. The number of hydrogen-bond donors (Lipinski definition) is 2. The van der Waals surface area contributed by atoms with Gasteiger partial charge in [-0.15, -0.1) is 0 Å². The molecule has 0 aliphatic heterocycles. The summed E-state index contributed by atoms with van der Waals surface area (Å²) in [5, 5.41) is 13.9. The summed E-state index contributed by atoms with van der Waals surface area (Å²) in [6, 6.07) is 15.5. The van der Waals surface area contributed by atoms with Gasteiger partial charge in [-0.25, -0.2) is 0 Å². The van der Waals surface area contributed by atoms with E-state index < -0.39 is 5.97 Å². The monoisotopic (exact) mass is 424 g/mol. The van der Waals surface area contributed by atoms with Crippen LogP contribution in [-0.4, -0.2) is 28.1 Å². The molecule has 1 saturated carbocycles. The number of carboxylic acids is 1. The topological polar surface area (TPSA) is 71.3 Å². The van der Waals surface area contributed by atoms with Crippen molar-refractivity contribution < 1.29 is 14.7 Å². The molecular formula is C24H25ClN2O3. The van der Waals surface area contributed by atoms with Crippen LogP contribution in [0.1, 0.15) is 41.6 Å². The van der Waals surface area contributed by atoms with Crippen LogP contribution in [0.25, 0.3) is 10.9 Å². The van der Waals surface area contributed by atoms with Gasteiger partial charge in [0.05, 0.1) is 17.0 Å². The minimum atomic E-state index is -0.703. The number of para-hydroxylation sites is 1. The molecule has 3 aromatic rings. The zero-order valence-electron chi connectivity index (χ0n) is 16.7. The van der Waals surface area contributed by atoms with Crippen molar-refractivity contribution in [1.29, 1.82) is 0 Å². The lowest BCUT2D eigenvalue weighted by atomic mass is 9.82. The number of nitrogens with zero attached hydrogens (tertiary/aromatic N) is 1. The molecule has 5 nitrogen and oxygen atoms in total. The first kappa shape index (κ1) is 20.5. The first-order valence-corrected chi connectivity index (χ1v) is 10.7. The Morgan fingerprint density at radius 3 is 2.47 bits per heavy atom. The first-order chi connectivity index (χ1) is 14.5. The molecule has 0 atom stereocenters. The molecular weight excluding hydrogens is 400 g/mol. The van der Waals surface area contributed by atoms with Gasteiger partial charge < -0.3 is 15.0 Å². The van der Waals surface area contributed by atoms with Crippen LogP contribution in [0.2, 0.25) is 5.02 Å². The van der Waals surface area contributed by atoms with Gasteiger partial charge in [-0.05, 0) is 61.4 Å². The Morgan fingerprint density at radius 1 is 1.03 bits per heavy atom. The van der Waals surface area contributed by atoms with Gasteiger partial charge in [0.2, 0.25) is 0 Å². The van der Waals surface area contributed by atoms with E-state index in [1.54, 1.807) is 0 Å². The van der Waals surface area contributed by atoms with Crippen molar-refractivity contribution in [2.45, 2.75) is 32.2 Å². The molecule has 0 unspecified atom stereocenters. The van der Waals surface area contributed by atoms with E-state index in [-0.39, 0.29) is 11.8 Å². The van der Waals surface area contributed by atoms with E-state index in [1.807, 2.05) is 54.7 Å². The van der Waals surface area contributed by atoms with Gasteiger partial charge in [0.25, 0.3) is 5.91 Å². The summed E-state index contributed by atoms with van der Waals surface area (Å²) in [6.45, 7) is 1.24. The van der Waals surface area contributed by atoms with Crippen molar-refractivity contribution in [2.24, 2.45) is 11.8 Å². The van der Waals surface area contributed by atoms with Crippen molar-refractivity contribution >= 4 is 34.4 Å². The highest BCUT2D eigenvalue weighted by molar-refractivity contribution is 6.30. The lowest BCUT2D eigenvalue weighted by Gasteiger charge is -2.26. The normalized spacial score (nSPS) is 19.0. The number of carbonyl (C=O) groups is 2. The van der Waals surface area contributed by atoms with Crippen molar-refractivity contribution in [3.8, 4) is 0 Å². The molecule has 6 heteroatoms. The summed E-state index contributed by atoms with van der Waals surface area (Å²) in [7, 11) is 0. The van der Waals surface area contributed by atoms with Crippen molar-refractivity contribution in [1.82, 2.24) is 9.88 Å². The molecule has 2 aromatic carbocycles. The van der Waals surface area contributed by atoms with E-state index in [4.69, 9.17) is 16.7 Å². The van der Waals surface area contributed by atoms with Crippen LogP contribution >= 0.6 is 11.6 Å². The van der Waals surface area contributed by atoms with E-state index in [0.717, 1.165) is 29.3 Å². The van der Waals surface area contributed by atoms with Gasteiger partial charge >= 0.3 is 5.97 Å². The molecule has 0 bridgehead atoms. The standard InChI is InChI=1S/C24H25ClN2O3/c25-20-10-6-17(7-11-20)15-27-13-12-18-2-1-3-21(22(18)27)23(28)26-14-16-4-8-19(9-5-16)24(29)30/h1-3,6-7,10-13,16,19H,4-5,8-9,14-15H2,(H,26,28)(H,29,30). The molecule has 1 fully saturated rings. The molecule has 1 heterocycles. The van der Waals surface area contributed by atoms with Gasteiger partial charge in [-0.1, -0.05) is 35.9 Å². The minimum Gasteiger partial charge on any atom is -0.481 e. The summed E-state index contributed by atoms with van der Waals surface area (Å²) >= 11 is 5.99. The van der Waals surface area contributed by atoms with Crippen LogP contribution in [0.15, 0.2) is 54.7 Å². The molecule has 1 amide bonds. The maximum absolute atomic E-state index is 13.0. The average molecular weight is 425 g/mol. The number of hydrogen-bond acceptors (Lipinski definition) is 2. The molecule has 0 spiro atoms. The quantitative estimate of drug-likeness (QED) is 0.587. The van der Waals surface area contributed by atoms with Crippen LogP contribution in [0.5, 0.6) is 0 Å². The predicted octanol–water partition coefficient (Wildman–Crippen LogP) is 4.96. The third kappa shape index (κ3) is 4.51. The number of fused-ring (bicyclic) bond motifs is 1. The second-order valence-corrected chi connectivity index (χ2v) is 8.52. The van der Waals surface area contributed by atoms with Crippen molar-refractivity contribution in [3.05, 3.63) is 70.9 Å². The van der Waals surface area contributed by atoms with Crippen LogP contribution in [0.3, 0.4) is 0 Å². The van der Waals surface area contributed by atoms with Crippen LogP contribution in [-0.2, 0) is 11.3 Å². The van der Waals surface area contributed by atoms with Crippen LogP contribution in [0, 0.1) is 11.8 Å². The molecule has 1 aliphatic rings.